The molecule has 0 aromatic rings. The van der Waals surface area contributed by atoms with E-state index in [-0.39, 0.29) is 11.8 Å². The molecule has 0 atom stereocenters. The van der Waals surface area contributed by atoms with Crippen LogP contribution in [0.1, 0.15) is 65.2 Å². The number of piperazine rings is 1. The van der Waals surface area contributed by atoms with Gasteiger partial charge in [0, 0.05) is 6.54 Å². The van der Waals surface area contributed by atoms with Gasteiger partial charge in [0.2, 0.25) is 11.8 Å². The van der Waals surface area contributed by atoms with Crippen LogP contribution in [0.5, 0.6) is 0 Å². The Morgan fingerprint density at radius 3 is 2.24 bits per heavy atom. The zero-order chi connectivity index (χ0) is 15.1. The van der Waals surface area contributed by atoms with Crippen LogP contribution in [-0.2, 0) is 9.59 Å². The molecule has 3 rings (SSSR count). The number of carbonyl (C=O) groups excluding carboxylic acids is 2. The van der Waals surface area contributed by atoms with Gasteiger partial charge in [-0.3, -0.25) is 9.59 Å². The molecule has 1 N–H and O–H groups in total. The molecule has 2 saturated carbocycles. The smallest absolute Gasteiger partial charge is 0.249 e. The average Bonchev–Trinajstić information content (AvgIpc) is 3.07. The van der Waals surface area contributed by atoms with E-state index < -0.39 is 11.1 Å². The summed E-state index contributed by atoms with van der Waals surface area (Å²) in [6, 6.07) is 0. The van der Waals surface area contributed by atoms with Crippen LogP contribution in [0.3, 0.4) is 0 Å². The monoisotopic (exact) mass is 290 g/mol. The second kappa shape index (κ2) is 5.15. The highest BCUT2D eigenvalue weighted by atomic mass is 16.2. The van der Waals surface area contributed by atoms with Gasteiger partial charge in [0.15, 0.2) is 0 Å². The second-order valence-electron chi connectivity index (χ2n) is 7.18. The Morgan fingerprint density at radius 2 is 1.67 bits per heavy atom. The van der Waals surface area contributed by atoms with Gasteiger partial charge < -0.3 is 10.2 Å². The highest BCUT2D eigenvalue weighted by molar-refractivity contribution is 6.02. The first-order chi connectivity index (χ1) is 10.0. The SMILES string of the molecule is CC(C)=CCN1C(=O)C2(CCCC2)NC(=O)C12CCCC2. The number of carbonyl (C=O) groups is 2. The summed E-state index contributed by atoms with van der Waals surface area (Å²) in [5.41, 5.74) is 0.0273. The minimum Gasteiger partial charge on any atom is -0.340 e. The number of nitrogens with zero attached hydrogens (tertiary/aromatic N) is 1. The van der Waals surface area contributed by atoms with Crippen molar-refractivity contribution in [1.82, 2.24) is 10.2 Å². The van der Waals surface area contributed by atoms with Crippen molar-refractivity contribution in [2.75, 3.05) is 6.54 Å². The van der Waals surface area contributed by atoms with Crippen molar-refractivity contribution in [3.63, 3.8) is 0 Å². The van der Waals surface area contributed by atoms with Gasteiger partial charge in [-0.05, 0) is 39.5 Å². The van der Waals surface area contributed by atoms with Crippen LogP contribution in [0.15, 0.2) is 11.6 Å². The minimum absolute atomic E-state index is 0.101. The molecule has 0 aromatic carbocycles. The van der Waals surface area contributed by atoms with Crippen LogP contribution < -0.4 is 5.32 Å². The number of hydrogen-bond donors (Lipinski definition) is 1. The first-order valence-corrected chi connectivity index (χ1v) is 8.28. The third kappa shape index (κ3) is 2.19. The average molecular weight is 290 g/mol. The number of rotatable bonds is 2. The van der Waals surface area contributed by atoms with Crippen LogP contribution in [0, 0.1) is 0 Å². The van der Waals surface area contributed by atoms with Gasteiger partial charge in [-0.25, -0.2) is 0 Å². The van der Waals surface area contributed by atoms with Crippen LogP contribution in [0.2, 0.25) is 0 Å². The summed E-state index contributed by atoms with van der Waals surface area (Å²) < 4.78 is 0. The van der Waals surface area contributed by atoms with E-state index in [1.54, 1.807) is 0 Å². The fourth-order valence-electron chi connectivity index (χ4n) is 4.27. The van der Waals surface area contributed by atoms with E-state index in [2.05, 4.69) is 11.4 Å². The summed E-state index contributed by atoms with van der Waals surface area (Å²) in [6.45, 7) is 4.67. The normalized spacial score (nSPS) is 26.5. The van der Waals surface area contributed by atoms with E-state index in [0.29, 0.717) is 6.54 Å². The molecule has 0 bridgehead atoms. The molecule has 1 aliphatic heterocycles. The maximum absolute atomic E-state index is 13.2. The van der Waals surface area contributed by atoms with E-state index in [9.17, 15) is 9.59 Å². The maximum atomic E-state index is 13.2. The Kier molecular flexibility index (Phi) is 3.58. The van der Waals surface area contributed by atoms with Gasteiger partial charge >= 0.3 is 0 Å². The largest absolute Gasteiger partial charge is 0.340 e. The zero-order valence-corrected chi connectivity index (χ0v) is 13.2. The van der Waals surface area contributed by atoms with Crippen molar-refractivity contribution in [2.45, 2.75) is 76.3 Å². The summed E-state index contributed by atoms with van der Waals surface area (Å²) in [4.78, 5) is 27.9. The van der Waals surface area contributed by atoms with Crippen LogP contribution >= 0.6 is 0 Å². The van der Waals surface area contributed by atoms with Crippen LogP contribution in [-0.4, -0.2) is 34.3 Å². The minimum atomic E-state index is -0.597. The van der Waals surface area contributed by atoms with Crippen molar-refractivity contribution < 1.29 is 9.59 Å². The fourth-order valence-corrected chi connectivity index (χ4v) is 4.27. The summed E-state index contributed by atoms with van der Waals surface area (Å²) in [5, 5.41) is 3.14. The van der Waals surface area contributed by atoms with Gasteiger partial charge in [0.25, 0.3) is 0 Å². The van der Waals surface area contributed by atoms with Gasteiger partial charge in [-0.15, -0.1) is 0 Å². The van der Waals surface area contributed by atoms with Crippen LogP contribution in [0.4, 0.5) is 0 Å². The number of hydrogen-bond acceptors (Lipinski definition) is 2. The van der Waals surface area contributed by atoms with Crippen molar-refractivity contribution in [1.29, 1.82) is 0 Å². The predicted octanol–water partition coefficient (Wildman–Crippen LogP) is 2.54. The topological polar surface area (TPSA) is 49.4 Å². The Balaban J connectivity index is 1.96. The lowest BCUT2D eigenvalue weighted by Gasteiger charge is -2.50. The Morgan fingerprint density at radius 1 is 1.10 bits per heavy atom. The number of amides is 2. The first-order valence-electron chi connectivity index (χ1n) is 8.28. The van der Waals surface area contributed by atoms with Crippen molar-refractivity contribution in [2.24, 2.45) is 0 Å². The first kappa shape index (κ1) is 14.6. The van der Waals surface area contributed by atoms with E-state index in [0.717, 1.165) is 51.4 Å². The lowest BCUT2D eigenvalue weighted by atomic mass is 9.82. The summed E-state index contributed by atoms with van der Waals surface area (Å²) in [5.74, 6) is 0.266. The molecule has 3 fully saturated rings. The molecule has 2 amide bonds. The lowest BCUT2D eigenvalue weighted by molar-refractivity contribution is -0.162. The number of nitrogens with one attached hydrogen (secondary N) is 1. The van der Waals surface area contributed by atoms with Crippen LogP contribution in [0.25, 0.3) is 0 Å². The van der Waals surface area contributed by atoms with E-state index >= 15 is 0 Å². The predicted molar refractivity (Wildman–Crippen MR) is 81.7 cm³/mol. The van der Waals surface area contributed by atoms with E-state index in [4.69, 9.17) is 0 Å². The molecular weight excluding hydrogens is 264 g/mol. The second-order valence-corrected chi connectivity index (χ2v) is 7.18. The summed E-state index contributed by atoms with van der Waals surface area (Å²) >= 11 is 0. The highest BCUT2D eigenvalue weighted by Gasteiger charge is 2.59. The third-order valence-corrected chi connectivity index (χ3v) is 5.52. The molecule has 21 heavy (non-hydrogen) atoms. The van der Waals surface area contributed by atoms with E-state index in [1.165, 1.54) is 5.57 Å². The van der Waals surface area contributed by atoms with E-state index in [1.807, 2.05) is 18.7 Å². The van der Waals surface area contributed by atoms with Crippen molar-refractivity contribution in [3.8, 4) is 0 Å². The molecule has 3 aliphatic rings. The van der Waals surface area contributed by atoms with Crippen molar-refractivity contribution >= 4 is 11.8 Å². The van der Waals surface area contributed by atoms with Gasteiger partial charge in [-0.2, -0.15) is 0 Å². The molecule has 1 saturated heterocycles. The highest BCUT2D eigenvalue weighted by Crippen LogP contribution is 2.43. The molecule has 0 aromatic heterocycles. The molecule has 0 unspecified atom stereocenters. The third-order valence-electron chi connectivity index (χ3n) is 5.52. The molecule has 1 heterocycles. The quantitative estimate of drug-likeness (QED) is 0.795. The zero-order valence-electron chi connectivity index (χ0n) is 13.2. The van der Waals surface area contributed by atoms with Gasteiger partial charge in [-0.1, -0.05) is 37.3 Å². The maximum Gasteiger partial charge on any atom is 0.249 e. The Bertz CT molecular complexity index is 479. The molecular formula is C17H26N2O2. The summed E-state index contributed by atoms with van der Waals surface area (Å²) in [7, 11) is 0. The Hall–Kier alpha value is -1.32. The molecule has 0 radical (unpaired) electrons. The molecule has 4 heteroatoms. The number of allylic oxidation sites excluding steroid dienone is 1. The van der Waals surface area contributed by atoms with Gasteiger partial charge in [0.05, 0.1) is 0 Å². The Labute approximate surface area is 127 Å². The molecule has 2 spiro atoms. The lowest BCUT2D eigenvalue weighted by Crippen LogP contribution is -2.74. The summed E-state index contributed by atoms with van der Waals surface area (Å²) in [6.07, 6.45) is 9.48. The van der Waals surface area contributed by atoms with Crippen molar-refractivity contribution in [3.05, 3.63) is 11.6 Å². The fraction of sp³-hybridized carbons (Fsp3) is 0.765. The molecule has 2 aliphatic carbocycles. The molecule has 4 nitrogen and oxygen atoms in total. The molecule has 116 valence electrons. The standard InChI is InChI=1S/C17H26N2O2/c1-13(2)7-12-19-15(21)16(8-3-4-9-16)18-14(20)17(19)10-5-6-11-17/h7H,3-6,8-12H2,1-2H3,(H,18,20). The van der Waals surface area contributed by atoms with Gasteiger partial charge in [0.1, 0.15) is 11.1 Å².